The van der Waals surface area contributed by atoms with Crippen LogP contribution in [0.5, 0.6) is 5.75 Å². The van der Waals surface area contributed by atoms with Crippen LogP contribution in [0.1, 0.15) is 43.9 Å². The Morgan fingerprint density at radius 3 is 2.10 bits per heavy atom. The van der Waals surface area contributed by atoms with Crippen molar-refractivity contribution in [3.8, 4) is 5.75 Å². The summed E-state index contributed by atoms with van der Waals surface area (Å²) in [5.74, 6) is 0.202. The van der Waals surface area contributed by atoms with Gasteiger partial charge in [-0.3, -0.25) is 0 Å². The highest BCUT2D eigenvalue weighted by Gasteiger charge is 2.23. The Hall–Kier alpha value is -2.63. The zero-order chi connectivity index (χ0) is 22.1. The van der Waals surface area contributed by atoms with Crippen molar-refractivity contribution in [3.05, 3.63) is 77.9 Å². The average molecular weight is 413 g/mol. The Labute approximate surface area is 179 Å². The molecule has 0 spiro atoms. The molecule has 0 heterocycles. The maximum absolute atomic E-state index is 11.1. The van der Waals surface area contributed by atoms with E-state index in [2.05, 4.69) is 32.6 Å². The monoisotopic (exact) mass is 412 g/mol. The van der Waals surface area contributed by atoms with Crippen LogP contribution in [0.4, 0.5) is 0 Å². The van der Waals surface area contributed by atoms with Crippen molar-refractivity contribution >= 4 is 5.97 Å². The lowest BCUT2D eigenvalue weighted by molar-refractivity contribution is -0.140. The first-order valence-corrected chi connectivity index (χ1v) is 10.2. The molecule has 0 fully saturated rings. The molecule has 2 N–H and O–H groups in total. The SMILES string of the molecule is C=CC(=O)OCC(O)Cc1ccc(C(C)(C)c2ccc(OCC(O)CC)cc2)cc1. The molecule has 0 radical (unpaired) electrons. The normalized spacial score (nSPS) is 13.4. The number of carbonyl (C=O) groups excluding carboxylic acids is 1. The predicted octanol–water partition coefficient (Wildman–Crippen LogP) is 3.79. The van der Waals surface area contributed by atoms with E-state index in [9.17, 15) is 15.0 Å². The van der Waals surface area contributed by atoms with Gasteiger partial charge in [-0.25, -0.2) is 4.79 Å². The van der Waals surface area contributed by atoms with Crippen LogP contribution in [0, 0.1) is 0 Å². The molecule has 2 atom stereocenters. The number of ether oxygens (including phenoxy) is 2. The molecule has 2 aromatic carbocycles. The first kappa shape index (κ1) is 23.6. The maximum atomic E-state index is 11.1. The summed E-state index contributed by atoms with van der Waals surface area (Å²) >= 11 is 0. The standard InChI is InChI=1S/C25H32O5/c1-5-21(26)16-29-23-13-11-20(12-14-23)25(3,4)19-9-7-18(8-10-19)15-22(27)17-30-24(28)6-2/h6-14,21-22,26-27H,2,5,15-17H2,1,3-4H3. The zero-order valence-corrected chi connectivity index (χ0v) is 18.0. The Morgan fingerprint density at radius 2 is 1.57 bits per heavy atom. The summed E-state index contributed by atoms with van der Waals surface area (Å²) in [5.41, 5.74) is 3.05. The van der Waals surface area contributed by atoms with Crippen LogP contribution in [0.3, 0.4) is 0 Å². The molecule has 0 aliphatic heterocycles. The van der Waals surface area contributed by atoms with Gasteiger partial charge in [-0.15, -0.1) is 0 Å². The van der Waals surface area contributed by atoms with Crippen molar-refractivity contribution in [2.75, 3.05) is 13.2 Å². The minimum Gasteiger partial charge on any atom is -0.491 e. The van der Waals surface area contributed by atoms with Crippen LogP contribution in [0.2, 0.25) is 0 Å². The van der Waals surface area contributed by atoms with Gasteiger partial charge in [0.1, 0.15) is 19.0 Å². The number of rotatable bonds is 11. The van der Waals surface area contributed by atoms with E-state index in [4.69, 9.17) is 9.47 Å². The van der Waals surface area contributed by atoms with E-state index >= 15 is 0 Å². The molecular weight excluding hydrogens is 380 g/mol. The average Bonchev–Trinajstić information content (AvgIpc) is 2.76. The third-order valence-electron chi connectivity index (χ3n) is 5.22. The summed E-state index contributed by atoms with van der Waals surface area (Å²) in [6.07, 6.45) is 0.939. The number of esters is 1. The van der Waals surface area contributed by atoms with Crippen LogP contribution in [-0.2, 0) is 21.4 Å². The Bertz CT molecular complexity index is 808. The van der Waals surface area contributed by atoms with Gasteiger partial charge in [0.15, 0.2) is 0 Å². The molecule has 5 heteroatoms. The van der Waals surface area contributed by atoms with Gasteiger partial charge in [0.05, 0.1) is 12.2 Å². The van der Waals surface area contributed by atoms with Crippen LogP contribution in [0.15, 0.2) is 61.2 Å². The molecule has 0 aromatic heterocycles. The minimum atomic E-state index is -0.758. The van der Waals surface area contributed by atoms with E-state index in [1.165, 1.54) is 0 Å². The van der Waals surface area contributed by atoms with Crippen LogP contribution in [0.25, 0.3) is 0 Å². The van der Waals surface area contributed by atoms with Gasteiger partial charge in [-0.05, 0) is 35.2 Å². The first-order valence-electron chi connectivity index (χ1n) is 10.2. The molecule has 0 amide bonds. The second kappa shape index (κ2) is 11.0. The second-order valence-corrected chi connectivity index (χ2v) is 7.91. The first-order chi connectivity index (χ1) is 14.3. The molecule has 30 heavy (non-hydrogen) atoms. The van der Waals surface area contributed by atoms with E-state index < -0.39 is 18.2 Å². The molecule has 0 saturated carbocycles. The molecule has 2 rings (SSSR count). The highest BCUT2D eigenvalue weighted by atomic mass is 16.5. The van der Waals surface area contributed by atoms with Gasteiger partial charge >= 0.3 is 5.97 Å². The van der Waals surface area contributed by atoms with E-state index in [-0.39, 0.29) is 12.0 Å². The molecule has 2 unspecified atom stereocenters. The van der Waals surface area contributed by atoms with Crippen molar-refractivity contribution in [1.29, 1.82) is 0 Å². The smallest absolute Gasteiger partial charge is 0.330 e. The fraction of sp³-hybridized carbons (Fsp3) is 0.400. The van der Waals surface area contributed by atoms with E-state index in [1.54, 1.807) is 0 Å². The molecule has 162 valence electrons. The van der Waals surface area contributed by atoms with Crippen LogP contribution < -0.4 is 4.74 Å². The van der Waals surface area contributed by atoms with Crippen LogP contribution >= 0.6 is 0 Å². The number of benzene rings is 2. The number of carbonyl (C=O) groups is 1. The number of aliphatic hydroxyl groups excluding tert-OH is 2. The predicted molar refractivity (Wildman–Crippen MR) is 118 cm³/mol. The van der Waals surface area contributed by atoms with Gasteiger partial charge in [0.25, 0.3) is 0 Å². The summed E-state index contributed by atoms with van der Waals surface area (Å²) in [6, 6.07) is 16.0. The number of hydrogen-bond acceptors (Lipinski definition) is 5. The van der Waals surface area contributed by atoms with E-state index in [0.717, 1.165) is 28.5 Å². The quantitative estimate of drug-likeness (QED) is 0.434. The number of aliphatic hydroxyl groups is 2. The molecule has 0 aliphatic rings. The van der Waals surface area contributed by atoms with Gasteiger partial charge in [0.2, 0.25) is 0 Å². The lowest BCUT2D eigenvalue weighted by Crippen LogP contribution is -2.21. The molecule has 5 nitrogen and oxygen atoms in total. The van der Waals surface area contributed by atoms with E-state index in [1.807, 2.05) is 43.3 Å². The summed E-state index contributed by atoms with van der Waals surface area (Å²) in [5, 5.41) is 19.7. The van der Waals surface area contributed by atoms with Crippen molar-refractivity contribution in [1.82, 2.24) is 0 Å². The van der Waals surface area contributed by atoms with Gasteiger partial charge in [-0.2, -0.15) is 0 Å². The van der Waals surface area contributed by atoms with E-state index in [0.29, 0.717) is 19.4 Å². The third-order valence-corrected chi connectivity index (χ3v) is 5.22. The molecule has 2 aromatic rings. The Kier molecular flexibility index (Phi) is 8.63. The highest BCUT2D eigenvalue weighted by Crippen LogP contribution is 2.32. The summed E-state index contributed by atoms with van der Waals surface area (Å²) in [6.45, 7) is 9.80. The lowest BCUT2D eigenvalue weighted by atomic mass is 9.78. The lowest BCUT2D eigenvalue weighted by Gasteiger charge is -2.26. The minimum absolute atomic E-state index is 0.0538. The largest absolute Gasteiger partial charge is 0.491 e. The van der Waals surface area contributed by atoms with Gasteiger partial charge in [0, 0.05) is 17.9 Å². The maximum Gasteiger partial charge on any atom is 0.330 e. The van der Waals surface area contributed by atoms with Crippen molar-refractivity contribution < 1.29 is 24.5 Å². The fourth-order valence-electron chi connectivity index (χ4n) is 3.07. The summed E-state index contributed by atoms with van der Waals surface area (Å²) < 4.78 is 10.5. The van der Waals surface area contributed by atoms with Crippen LogP contribution in [-0.4, -0.2) is 41.6 Å². The fourth-order valence-corrected chi connectivity index (χ4v) is 3.07. The van der Waals surface area contributed by atoms with Crippen molar-refractivity contribution in [2.24, 2.45) is 0 Å². The summed E-state index contributed by atoms with van der Waals surface area (Å²) in [7, 11) is 0. The Morgan fingerprint density at radius 1 is 1.00 bits per heavy atom. The number of hydrogen-bond donors (Lipinski definition) is 2. The molecule has 0 bridgehead atoms. The zero-order valence-electron chi connectivity index (χ0n) is 18.0. The molecular formula is C25H32O5. The Balaban J connectivity index is 2.00. The molecule has 0 aliphatic carbocycles. The van der Waals surface area contributed by atoms with Gasteiger partial charge in [-0.1, -0.05) is 63.7 Å². The summed E-state index contributed by atoms with van der Waals surface area (Å²) in [4.78, 5) is 11.1. The molecule has 0 saturated heterocycles. The second-order valence-electron chi connectivity index (χ2n) is 7.91. The third kappa shape index (κ3) is 6.71. The topological polar surface area (TPSA) is 76.0 Å². The van der Waals surface area contributed by atoms with Gasteiger partial charge < -0.3 is 19.7 Å². The highest BCUT2D eigenvalue weighted by molar-refractivity contribution is 5.81. The van der Waals surface area contributed by atoms with Crippen molar-refractivity contribution in [3.63, 3.8) is 0 Å². The van der Waals surface area contributed by atoms with Crippen molar-refractivity contribution in [2.45, 2.75) is 51.2 Å².